The van der Waals surface area contributed by atoms with Crippen molar-refractivity contribution < 1.29 is 9.59 Å². The van der Waals surface area contributed by atoms with Crippen LogP contribution in [0.1, 0.15) is 5.56 Å². The Bertz CT molecular complexity index is 371. The largest absolute Gasteiger partial charge is 0.353 e. The molecule has 0 atom stereocenters. The van der Waals surface area contributed by atoms with Gasteiger partial charge in [0.15, 0.2) is 0 Å². The van der Waals surface area contributed by atoms with E-state index in [0.717, 1.165) is 5.56 Å². The number of hydrogen-bond acceptors (Lipinski definition) is 3. The molecule has 1 rings (SSSR count). The van der Waals surface area contributed by atoms with Crippen molar-refractivity contribution in [2.75, 3.05) is 19.6 Å². The molecule has 1 aromatic rings. The zero-order valence-corrected chi connectivity index (χ0v) is 10.8. The fraction of sp³-hybridized carbons (Fsp3) is 0.333. The molecule has 0 aliphatic carbocycles. The van der Waals surface area contributed by atoms with Gasteiger partial charge in [-0.05, 0) is 5.56 Å². The molecule has 2 amide bonds. The van der Waals surface area contributed by atoms with Gasteiger partial charge >= 0.3 is 0 Å². The summed E-state index contributed by atoms with van der Waals surface area (Å²) in [5, 5.41) is 5.12. The van der Waals surface area contributed by atoms with E-state index in [1.807, 2.05) is 30.3 Å². The Hall–Kier alpha value is -1.59. The normalized spacial score (nSPS) is 9.17. The fourth-order valence-electron chi connectivity index (χ4n) is 1.30. The number of carbonyl (C=O) groups excluding carboxylic acids is 2. The van der Waals surface area contributed by atoms with Crippen LogP contribution in [0.25, 0.3) is 0 Å². The van der Waals surface area contributed by atoms with Gasteiger partial charge in [-0.3, -0.25) is 9.59 Å². The SMILES string of the molecule is Cl.NCCNC(=O)CNC(=O)Cc1ccccc1. The average molecular weight is 272 g/mol. The quantitative estimate of drug-likeness (QED) is 0.672. The van der Waals surface area contributed by atoms with Crippen LogP contribution in [-0.2, 0) is 16.0 Å². The van der Waals surface area contributed by atoms with Gasteiger partial charge in [0.1, 0.15) is 0 Å². The number of nitrogens with two attached hydrogens (primary N) is 1. The third kappa shape index (κ3) is 6.88. The molecule has 18 heavy (non-hydrogen) atoms. The van der Waals surface area contributed by atoms with Crippen LogP contribution < -0.4 is 16.4 Å². The zero-order chi connectivity index (χ0) is 12.5. The number of carbonyl (C=O) groups is 2. The third-order valence-corrected chi connectivity index (χ3v) is 2.12. The topological polar surface area (TPSA) is 84.2 Å². The van der Waals surface area contributed by atoms with Crippen LogP contribution >= 0.6 is 12.4 Å². The maximum atomic E-state index is 11.5. The lowest BCUT2D eigenvalue weighted by Crippen LogP contribution is -2.39. The van der Waals surface area contributed by atoms with Crippen LogP contribution in [0.2, 0.25) is 0 Å². The van der Waals surface area contributed by atoms with E-state index >= 15 is 0 Å². The van der Waals surface area contributed by atoms with Gasteiger partial charge in [0.25, 0.3) is 0 Å². The zero-order valence-electron chi connectivity index (χ0n) is 10.0. The molecule has 0 spiro atoms. The van der Waals surface area contributed by atoms with E-state index in [2.05, 4.69) is 10.6 Å². The van der Waals surface area contributed by atoms with Crippen LogP contribution in [0.15, 0.2) is 30.3 Å². The smallest absolute Gasteiger partial charge is 0.239 e. The molecule has 0 aliphatic heterocycles. The molecule has 0 aromatic heterocycles. The highest BCUT2D eigenvalue weighted by atomic mass is 35.5. The van der Waals surface area contributed by atoms with Crippen molar-refractivity contribution in [3.8, 4) is 0 Å². The molecule has 0 unspecified atom stereocenters. The van der Waals surface area contributed by atoms with E-state index in [4.69, 9.17) is 5.73 Å². The van der Waals surface area contributed by atoms with Crippen molar-refractivity contribution in [3.05, 3.63) is 35.9 Å². The van der Waals surface area contributed by atoms with Crippen LogP contribution in [0.3, 0.4) is 0 Å². The highest BCUT2D eigenvalue weighted by Crippen LogP contribution is 1.98. The molecule has 1 aromatic carbocycles. The summed E-state index contributed by atoms with van der Waals surface area (Å²) in [4.78, 5) is 22.7. The number of amides is 2. The van der Waals surface area contributed by atoms with Crippen molar-refractivity contribution in [1.82, 2.24) is 10.6 Å². The van der Waals surface area contributed by atoms with Crippen molar-refractivity contribution in [1.29, 1.82) is 0 Å². The Kier molecular flexibility index (Phi) is 8.61. The van der Waals surface area contributed by atoms with E-state index in [0.29, 0.717) is 13.1 Å². The molecule has 5 nitrogen and oxygen atoms in total. The predicted octanol–water partition coefficient (Wildman–Crippen LogP) is -0.158. The third-order valence-electron chi connectivity index (χ3n) is 2.12. The molecule has 0 fully saturated rings. The van der Waals surface area contributed by atoms with Crippen molar-refractivity contribution >= 4 is 24.2 Å². The molecule has 0 bridgehead atoms. The summed E-state index contributed by atoms with van der Waals surface area (Å²) in [6.07, 6.45) is 0.283. The van der Waals surface area contributed by atoms with Gasteiger partial charge in [-0.15, -0.1) is 12.4 Å². The molecule has 4 N–H and O–H groups in total. The van der Waals surface area contributed by atoms with Gasteiger partial charge in [0.2, 0.25) is 11.8 Å². The van der Waals surface area contributed by atoms with E-state index in [9.17, 15) is 9.59 Å². The minimum atomic E-state index is -0.225. The summed E-state index contributed by atoms with van der Waals surface area (Å²) in [6, 6.07) is 9.37. The molecular formula is C12H18ClN3O2. The summed E-state index contributed by atoms with van der Waals surface area (Å²) < 4.78 is 0. The highest BCUT2D eigenvalue weighted by Gasteiger charge is 2.05. The number of rotatable bonds is 6. The Morgan fingerprint density at radius 3 is 2.33 bits per heavy atom. The van der Waals surface area contributed by atoms with Gasteiger partial charge in [0.05, 0.1) is 13.0 Å². The van der Waals surface area contributed by atoms with Crippen LogP contribution in [-0.4, -0.2) is 31.4 Å². The van der Waals surface area contributed by atoms with Gasteiger partial charge in [-0.1, -0.05) is 30.3 Å². The minimum Gasteiger partial charge on any atom is -0.353 e. The number of benzene rings is 1. The van der Waals surface area contributed by atoms with E-state index in [1.165, 1.54) is 0 Å². The Balaban J connectivity index is 0.00000289. The predicted molar refractivity (Wildman–Crippen MR) is 72.5 cm³/mol. The molecule has 0 saturated carbocycles. The Labute approximate surface area is 113 Å². The summed E-state index contributed by atoms with van der Waals surface area (Å²) in [5.41, 5.74) is 6.16. The van der Waals surface area contributed by atoms with Gasteiger partial charge < -0.3 is 16.4 Å². The monoisotopic (exact) mass is 271 g/mol. The van der Waals surface area contributed by atoms with Crippen LogP contribution in [0, 0.1) is 0 Å². The minimum absolute atomic E-state index is 0. The second-order valence-electron chi connectivity index (χ2n) is 3.58. The molecule has 0 heterocycles. The molecule has 0 saturated heterocycles. The second-order valence-corrected chi connectivity index (χ2v) is 3.58. The maximum Gasteiger partial charge on any atom is 0.239 e. The van der Waals surface area contributed by atoms with E-state index in [1.54, 1.807) is 0 Å². The first-order valence-electron chi connectivity index (χ1n) is 5.49. The summed E-state index contributed by atoms with van der Waals surface area (Å²) in [5.74, 6) is -0.393. The Morgan fingerprint density at radius 2 is 1.72 bits per heavy atom. The van der Waals surface area contributed by atoms with Crippen molar-refractivity contribution in [2.24, 2.45) is 5.73 Å². The lowest BCUT2D eigenvalue weighted by molar-refractivity contribution is -0.125. The highest BCUT2D eigenvalue weighted by molar-refractivity contribution is 5.85. The number of halogens is 1. The van der Waals surface area contributed by atoms with Crippen LogP contribution in [0.4, 0.5) is 0 Å². The maximum absolute atomic E-state index is 11.5. The molecule has 0 radical (unpaired) electrons. The van der Waals surface area contributed by atoms with Gasteiger partial charge in [-0.2, -0.15) is 0 Å². The lowest BCUT2D eigenvalue weighted by atomic mass is 10.1. The molecule has 100 valence electrons. The lowest BCUT2D eigenvalue weighted by Gasteiger charge is -2.05. The Morgan fingerprint density at radius 1 is 1.06 bits per heavy atom. The van der Waals surface area contributed by atoms with E-state index in [-0.39, 0.29) is 37.2 Å². The molecule has 6 heteroatoms. The molecular weight excluding hydrogens is 254 g/mol. The average Bonchev–Trinajstić information content (AvgIpc) is 2.35. The number of nitrogens with one attached hydrogen (secondary N) is 2. The fourth-order valence-corrected chi connectivity index (χ4v) is 1.30. The van der Waals surface area contributed by atoms with Crippen LogP contribution in [0.5, 0.6) is 0 Å². The number of hydrogen-bond donors (Lipinski definition) is 3. The first-order valence-corrected chi connectivity index (χ1v) is 5.49. The standard InChI is InChI=1S/C12H17N3O2.ClH/c13-6-7-14-12(17)9-15-11(16)8-10-4-2-1-3-5-10;/h1-5H,6-9,13H2,(H,14,17)(H,15,16);1H. The van der Waals surface area contributed by atoms with Gasteiger partial charge in [0, 0.05) is 13.1 Å². The summed E-state index contributed by atoms with van der Waals surface area (Å²) >= 11 is 0. The molecule has 0 aliphatic rings. The van der Waals surface area contributed by atoms with E-state index < -0.39 is 0 Å². The first-order chi connectivity index (χ1) is 8.22. The first kappa shape index (κ1) is 16.4. The van der Waals surface area contributed by atoms with Crippen molar-refractivity contribution in [2.45, 2.75) is 6.42 Å². The van der Waals surface area contributed by atoms with Gasteiger partial charge in [-0.25, -0.2) is 0 Å². The second kappa shape index (κ2) is 9.44. The summed E-state index contributed by atoms with van der Waals surface area (Å²) in [7, 11) is 0. The summed E-state index contributed by atoms with van der Waals surface area (Å²) in [6.45, 7) is 0.808. The van der Waals surface area contributed by atoms with Crippen molar-refractivity contribution in [3.63, 3.8) is 0 Å².